The topological polar surface area (TPSA) is 75.2 Å². The number of carbonyl (C=O) groups is 2. The summed E-state index contributed by atoms with van der Waals surface area (Å²) in [6, 6.07) is 0.0750. The lowest BCUT2D eigenvalue weighted by molar-refractivity contribution is -0.119. The minimum Gasteiger partial charge on any atom is -0.354 e. The van der Waals surface area contributed by atoms with Crippen molar-refractivity contribution >= 4 is 29.6 Å². The average molecular weight is 283 g/mol. The zero-order valence-electron chi connectivity index (χ0n) is 10.8. The number of hydrogen-bond donors (Lipinski definition) is 1. The van der Waals surface area contributed by atoms with E-state index in [1.807, 2.05) is 4.90 Å². The molecule has 0 aromatic carbocycles. The van der Waals surface area contributed by atoms with Crippen molar-refractivity contribution in [1.82, 2.24) is 15.3 Å². The Morgan fingerprint density at radius 3 is 2.89 bits per heavy atom. The van der Waals surface area contributed by atoms with Crippen LogP contribution in [0.3, 0.4) is 0 Å². The molecule has 1 aromatic rings. The second-order valence-electron chi connectivity index (χ2n) is 4.55. The van der Waals surface area contributed by atoms with Crippen LogP contribution in [0.4, 0.5) is 5.82 Å². The van der Waals surface area contributed by atoms with E-state index in [0.29, 0.717) is 30.0 Å². The van der Waals surface area contributed by atoms with Gasteiger partial charge in [-0.15, -0.1) is 0 Å². The number of halogens is 1. The second-order valence-corrected chi connectivity index (χ2v) is 4.91. The molecule has 1 N–H and O–H groups in total. The number of nitrogens with zero attached hydrogens (tertiary/aromatic N) is 3. The van der Waals surface area contributed by atoms with Gasteiger partial charge in [-0.3, -0.25) is 9.59 Å². The molecule has 0 bridgehead atoms. The molecule has 6 nitrogen and oxygen atoms in total. The van der Waals surface area contributed by atoms with E-state index in [1.165, 1.54) is 6.92 Å². The monoisotopic (exact) mass is 282 g/mol. The Morgan fingerprint density at radius 1 is 1.53 bits per heavy atom. The van der Waals surface area contributed by atoms with Crippen molar-refractivity contribution in [3.63, 3.8) is 0 Å². The summed E-state index contributed by atoms with van der Waals surface area (Å²) in [5.41, 5.74) is 0.302. The summed E-state index contributed by atoms with van der Waals surface area (Å²) in [6.07, 6.45) is 1.49. The zero-order chi connectivity index (χ0) is 14.0. The maximum absolute atomic E-state index is 11.1. The number of aryl methyl sites for hydroxylation is 1. The second kappa shape index (κ2) is 5.52. The van der Waals surface area contributed by atoms with Crippen LogP contribution in [0.5, 0.6) is 0 Å². The molecule has 0 saturated carbocycles. The third kappa shape index (κ3) is 3.01. The van der Waals surface area contributed by atoms with E-state index in [1.54, 1.807) is 6.92 Å². The highest BCUT2D eigenvalue weighted by atomic mass is 35.5. The van der Waals surface area contributed by atoms with Gasteiger partial charge in [0.05, 0.1) is 5.56 Å². The summed E-state index contributed by atoms with van der Waals surface area (Å²) in [5, 5.41) is 3.03. The van der Waals surface area contributed by atoms with Crippen molar-refractivity contribution in [3.8, 4) is 0 Å². The van der Waals surface area contributed by atoms with Gasteiger partial charge in [-0.05, 0) is 13.3 Å². The maximum atomic E-state index is 11.1. The molecule has 1 aliphatic heterocycles. The average Bonchev–Trinajstić information content (AvgIpc) is 2.75. The Kier molecular flexibility index (Phi) is 3.99. The normalized spacial score (nSPS) is 18.5. The first-order valence-electron chi connectivity index (χ1n) is 6.02. The number of anilines is 1. The predicted molar refractivity (Wildman–Crippen MR) is 71.6 cm³/mol. The Hall–Kier alpha value is -1.69. The van der Waals surface area contributed by atoms with Gasteiger partial charge in [0.25, 0.3) is 0 Å². The van der Waals surface area contributed by atoms with Crippen LogP contribution in [0, 0.1) is 6.92 Å². The Balaban J connectivity index is 2.23. The summed E-state index contributed by atoms with van der Waals surface area (Å²) in [4.78, 5) is 32.4. The number of carbonyl (C=O) groups excluding carboxylic acids is 2. The molecule has 1 fully saturated rings. The molecule has 7 heteroatoms. The standard InChI is InChI=1S/C12H15ClN4O2/c1-7-14-11(13)10(6-18)12(15-7)17-4-3-9(5-17)16-8(2)19/h6,9H,3-5H2,1-2H3,(H,16,19). The third-order valence-electron chi connectivity index (χ3n) is 3.00. The van der Waals surface area contributed by atoms with E-state index >= 15 is 0 Å². The number of rotatable bonds is 3. The van der Waals surface area contributed by atoms with Crippen LogP contribution in [-0.2, 0) is 4.79 Å². The van der Waals surface area contributed by atoms with Crippen molar-refractivity contribution in [1.29, 1.82) is 0 Å². The molecule has 0 aliphatic carbocycles. The summed E-state index contributed by atoms with van der Waals surface area (Å²) in [7, 11) is 0. The molecule has 1 aliphatic rings. The Labute approximate surface area is 116 Å². The molecule has 1 saturated heterocycles. The lowest BCUT2D eigenvalue weighted by Gasteiger charge is -2.20. The van der Waals surface area contributed by atoms with Crippen molar-refractivity contribution in [2.75, 3.05) is 18.0 Å². The highest BCUT2D eigenvalue weighted by Crippen LogP contribution is 2.25. The minimum atomic E-state index is -0.0561. The number of hydrogen-bond acceptors (Lipinski definition) is 5. The molecule has 1 unspecified atom stereocenters. The summed E-state index contributed by atoms with van der Waals surface area (Å²) >= 11 is 5.96. The van der Waals surface area contributed by atoms with E-state index in [9.17, 15) is 9.59 Å². The third-order valence-corrected chi connectivity index (χ3v) is 3.29. The van der Waals surface area contributed by atoms with E-state index in [0.717, 1.165) is 13.0 Å². The van der Waals surface area contributed by atoms with Gasteiger partial charge < -0.3 is 10.2 Å². The minimum absolute atomic E-state index is 0.0561. The van der Waals surface area contributed by atoms with Crippen molar-refractivity contribution in [2.45, 2.75) is 26.3 Å². The van der Waals surface area contributed by atoms with Crippen LogP contribution in [0.15, 0.2) is 0 Å². The molecule has 19 heavy (non-hydrogen) atoms. The quantitative estimate of drug-likeness (QED) is 0.660. The summed E-state index contributed by atoms with van der Waals surface area (Å²) < 4.78 is 0. The number of aromatic nitrogens is 2. The van der Waals surface area contributed by atoms with Gasteiger partial charge in [-0.25, -0.2) is 9.97 Å². The molecule has 0 radical (unpaired) electrons. The largest absolute Gasteiger partial charge is 0.354 e. The molecule has 1 aromatic heterocycles. The van der Waals surface area contributed by atoms with Crippen LogP contribution in [0.1, 0.15) is 29.5 Å². The van der Waals surface area contributed by atoms with Gasteiger partial charge in [0, 0.05) is 26.1 Å². The maximum Gasteiger partial charge on any atom is 0.217 e. The van der Waals surface area contributed by atoms with Gasteiger partial charge in [0.1, 0.15) is 16.8 Å². The van der Waals surface area contributed by atoms with Crippen LogP contribution in [0.2, 0.25) is 5.15 Å². The predicted octanol–water partition coefficient (Wildman–Crippen LogP) is 0.966. The number of aldehydes is 1. The molecule has 2 rings (SSSR count). The Bertz CT molecular complexity index is 521. The van der Waals surface area contributed by atoms with Gasteiger partial charge in [0.15, 0.2) is 6.29 Å². The highest BCUT2D eigenvalue weighted by Gasteiger charge is 2.27. The van der Waals surface area contributed by atoms with Gasteiger partial charge >= 0.3 is 0 Å². The fraction of sp³-hybridized carbons (Fsp3) is 0.500. The lowest BCUT2D eigenvalue weighted by atomic mass is 10.2. The van der Waals surface area contributed by atoms with E-state index in [2.05, 4.69) is 15.3 Å². The van der Waals surface area contributed by atoms with Crippen LogP contribution in [0.25, 0.3) is 0 Å². The van der Waals surface area contributed by atoms with E-state index < -0.39 is 0 Å². The molecule has 0 spiro atoms. The molecule has 1 amide bonds. The highest BCUT2D eigenvalue weighted by molar-refractivity contribution is 6.32. The first kappa shape index (κ1) is 13.7. The fourth-order valence-corrected chi connectivity index (χ4v) is 2.48. The van der Waals surface area contributed by atoms with Gasteiger partial charge in [-0.1, -0.05) is 11.6 Å². The SMILES string of the molecule is CC(=O)NC1CCN(c2nc(C)nc(Cl)c2C=O)C1. The van der Waals surface area contributed by atoms with E-state index in [4.69, 9.17) is 11.6 Å². The molecule has 1 atom stereocenters. The molecule has 2 heterocycles. The first-order chi connectivity index (χ1) is 9.01. The summed E-state index contributed by atoms with van der Waals surface area (Å²) in [6.45, 7) is 4.56. The fourth-order valence-electron chi connectivity index (χ4n) is 2.23. The summed E-state index contributed by atoms with van der Waals surface area (Å²) in [5.74, 6) is 1.01. The lowest BCUT2D eigenvalue weighted by Crippen LogP contribution is -2.36. The van der Waals surface area contributed by atoms with Gasteiger partial charge in [-0.2, -0.15) is 0 Å². The van der Waals surface area contributed by atoms with Crippen molar-refractivity contribution in [3.05, 3.63) is 16.5 Å². The van der Waals surface area contributed by atoms with Gasteiger partial charge in [0.2, 0.25) is 5.91 Å². The van der Waals surface area contributed by atoms with Crippen molar-refractivity contribution in [2.24, 2.45) is 0 Å². The van der Waals surface area contributed by atoms with Crippen LogP contribution in [-0.4, -0.2) is 41.3 Å². The van der Waals surface area contributed by atoms with Crippen LogP contribution >= 0.6 is 11.6 Å². The molecular weight excluding hydrogens is 268 g/mol. The number of amides is 1. The molecular formula is C12H15ClN4O2. The zero-order valence-corrected chi connectivity index (χ0v) is 11.6. The first-order valence-corrected chi connectivity index (χ1v) is 6.40. The number of nitrogens with one attached hydrogen (secondary N) is 1. The van der Waals surface area contributed by atoms with Crippen LogP contribution < -0.4 is 10.2 Å². The smallest absolute Gasteiger partial charge is 0.217 e. The Morgan fingerprint density at radius 2 is 2.26 bits per heavy atom. The van der Waals surface area contributed by atoms with Crippen molar-refractivity contribution < 1.29 is 9.59 Å². The molecule has 102 valence electrons. The van der Waals surface area contributed by atoms with E-state index in [-0.39, 0.29) is 17.1 Å².